The molecule has 0 atom stereocenters. The molecule has 0 aliphatic heterocycles. The van der Waals surface area contributed by atoms with Crippen LogP contribution in [0.1, 0.15) is 31.3 Å². The van der Waals surface area contributed by atoms with Crippen LogP contribution in [0.15, 0.2) is 41.7 Å². The first kappa shape index (κ1) is 22.7. The molecule has 0 aliphatic carbocycles. The van der Waals surface area contributed by atoms with E-state index in [0.717, 1.165) is 28.2 Å². The smallest absolute Gasteiger partial charge is 0.269 e. The summed E-state index contributed by atoms with van der Waals surface area (Å²) in [5.74, 6) is 1.01. The minimum atomic E-state index is -0.323. The van der Waals surface area contributed by atoms with Crippen molar-refractivity contribution in [2.45, 2.75) is 38.5 Å². The molecule has 0 bridgehead atoms. The number of H-pyrrole nitrogens is 1. The second kappa shape index (κ2) is 9.99. The van der Waals surface area contributed by atoms with Crippen LogP contribution < -0.4 is 10.6 Å². The first-order valence-electron chi connectivity index (χ1n) is 10.7. The SMILES string of the molecule is CCSc1nc(NC(C)C)c2cnn(CCNC(=O)c3cc(-c4ccc(F)cc4)n[nH]3)c2n1. The number of fused-ring (bicyclic) bond motifs is 1. The number of anilines is 1. The zero-order valence-electron chi connectivity index (χ0n) is 18.6. The summed E-state index contributed by atoms with van der Waals surface area (Å²) in [5.41, 5.74) is 2.34. The first-order valence-corrected chi connectivity index (χ1v) is 11.7. The van der Waals surface area contributed by atoms with E-state index in [1.54, 1.807) is 40.8 Å². The van der Waals surface area contributed by atoms with Gasteiger partial charge in [-0.25, -0.2) is 19.0 Å². The van der Waals surface area contributed by atoms with E-state index in [9.17, 15) is 9.18 Å². The van der Waals surface area contributed by atoms with E-state index < -0.39 is 0 Å². The quantitative estimate of drug-likeness (QED) is 0.253. The molecule has 0 radical (unpaired) electrons. The highest BCUT2D eigenvalue weighted by molar-refractivity contribution is 7.99. The number of hydrogen-bond donors (Lipinski definition) is 3. The van der Waals surface area contributed by atoms with Gasteiger partial charge in [0.15, 0.2) is 10.8 Å². The number of amides is 1. The summed E-state index contributed by atoms with van der Waals surface area (Å²) in [4.78, 5) is 21.8. The maximum atomic E-state index is 13.1. The van der Waals surface area contributed by atoms with E-state index in [-0.39, 0.29) is 17.8 Å². The average Bonchev–Trinajstić information content (AvgIpc) is 3.42. The van der Waals surface area contributed by atoms with Gasteiger partial charge in [0.25, 0.3) is 5.91 Å². The lowest BCUT2D eigenvalue weighted by molar-refractivity contribution is 0.0947. The van der Waals surface area contributed by atoms with Crippen molar-refractivity contribution in [3.63, 3.8) is 0 Å². The summed E-state index contributed by atoms with van der Waals surface area (Å²) < 4.78 is 14.9. The number of aromatic nitrogens is 6. The molecule has 0 saturated carbocycles. The summed E-state index contributed by atoms with van der Waals surface area (Å²) in [5, 5.41) is 19.1. The van der Waals surface area contributed by atoms with Crippen LogP contribution in [0.2, 0.25) is 0 Å². The lowest BCUT2D eigenvalue weighted by atomic mass is 10.1. The molecular formula is C22H25FN8OS. The molecule has 0 unspecified atom stereocenters. The van der Waals surface area contributed by atoms with E-state index in [0.29, 0.717) is 29.6 Å². The maximum Gasteiger partial charge on any atom is 0.269 e. The van der Waals surface area contributed by atoms with Gasteiger partial charge in [-0.1, -0.05) is 18.7 Å². The predicted octanol–water partition coefficient (Wildman–Crippen LogP) is 3.72. The topological polar surface area (TPSA) is 113 Å². The fraction of sp³-hybridized carbons (Fsp3) is 0.318. The second-order valence-electron chi connectivity index (χ2n) is 7.62. The van der Waals surface area contributed by atoms with Crippen LogP contribution >= 0.6 is 11.8 Å². The zero-order chi connectivity index (χ0) is 23.4. The molecule has 3 N–H and O–H groups in total. The number of halogens is 1. The zero-order valence-corrected chi connectivity index (χ0v) is 19.4. The van der Waals surface area contributed by atoms with E-state index in [2.05, 4.69) is 56.7 Å². The Kier molecular flexibility index (Phi) is 6.87. The monoisotopic (exact) mass is 468 g/mol. The minimum absolute atomic E-state index is 0.222. The molecule has 4 rings (SSSR count). The first-order chi connectivity index (χ1) is 15.9. The fourth-order valence-electron chi connectivity index (χ4n) is 3.25. The van der Waals surface area contributed by atoms with Gasteiger partial charge >= 0.3 is 0 Å². The van der Waals surface area contributed by atoms with Crippen LogP contribution in [0, 0.1) is 5.82 Å². The fourth-order valence-corrected chi connectivity index (χ4v) is 3.82. The molecule has 0 fully saturated rings. The Balaban J connectivity index is 1.44. The average molecular weight is 469 g/mol. The van der Waals surface area contributed by atoms with E-state index >= 15 is 0 Å². The minimum Gasteiger partial charge on any atom is -0.367 e. The largest absolute Gasteiger partial charge is 0.367 e. The molecule has 9 nitrogen and oxygen atoms in total. The molecule has 1 aromatic carbocycles. The third-order valence-corrected chi connectivity index (χ3v) is 5.48. The van der Waals surface area contributed by atoms with Crippen LogP contribution in [0.25, 0.3) is 22.3 Å². The van der Waals surface area contributed by atoms with Crippen LogP contribution in [-0.4, -0.2) is 54.2 Å². The third-order valence-electron chi connectivity index (χ3n) is 4.75. The Bertz CT molecular complexity index is 1250. The Morgan fingerprint density at radius 2 is 2.03 bits per heavy atom. The molecule has 0 aliphatic rings. The standard InChI is InChI=1S/C22H25FN8OS/c1-4-33-22-27-19(26-13(2)3)16-12-25-31(20(16)28-22)10-9-24-21(32)18-11-17(29-30-18)14-5-7-15(23)8-6-14/h5-8,11-13H,4,9-10H2,1-3H3,(H,24,32)(H,29,30)(H,26,27,28). The molecule has 1 amide bonds. The van der Waals surface area contributed by atoms with Crippen molar-refractivity contribution >= 4 is 34.5 Å². The number of nitrogens with one attached hydrogen (secondary N) is 3. The van der Waals surface area contributed by atoms with Crippen LogP contribution in [0.4, 0.5) is 10.2 Å². The molecule has 3 aromatic heterocycles. The Morgan fingerprint density at radius 3 is 2.76 bits per heavy atom. The van der Waals surface area contributed by atoms with Crippen molar-refractivity contribution in [3.8, 4) is 11.3 Å². The summed E-state index contributed by atoms with van der Waals surface area (Å²) in [6, 6.07) is 7.80. The molecule has 172 valence electrons. The van der Waals surface area contributed by atoms with Gasteiger partial charge in [0, 0.05) is 18.2 Å². The van der Waals surface area contributed by atoms with E-state index in [4.69, 9.17) is 0 Å². The van der Waals surface area contributed by atoms with Crippen LogP contribution in [-0.2, 0) is 6.54 Å². The highest BCUT2D eigenvalue weighted by Gasteiger charge is 2.15. The van der Waals surface area contributed by atoms with Gasteiger partial charge in [0.2, 0.25) is 0 Å². The van der Waals surface area contributed by atoms with Crippen molar-refractivity contribution in [2.24, 2.45) is 0 Å². The number of nitrogens with zero attached hydrogens (tertiary/aromatic N) is 5. The summed E-state index contributed by atoms with van der Waals surface area (Å²) >= 11 is 1.57. The van der Waals surface area contributed by atoms with Crippen molar-refractivity contribution in [3.05, 3.63) is 48.0 Å². The van der Waals surface area contributed by atoms with Crippen molar-refractivity contribution in [2.75, 3.05) is 17.6 Å². The molecule has 0 saturated heterocycles. The summed E-state index contributed by atoms with van der Waals surface area (Å²) in [6.45, 7) is 6.96. The number of carbonyl (C=O) groups is 1. The van der Waals surface area contributed by atoms with Gasteiger partial charge in [-0.15, -0.1) is 0 Å². The van der Waals surface area contributed by atoms with Gasteiger partial charge in [-0.2, -0.15) is 10.2 Å². The molecule has 4 aromatic rings. The Hall–Kier alpha value is -3.47. The van der Waals surface area contributed by atoms with Crippen molar-refractivity contribution in [1.82, 2.24) is 35.3 Å². The number of benzene rings is 1. The lowest BCUT2D eigenvalue weighted by Crippen LogP contribution is -2.27. The van der Waals surface area contributed by atoms with E-state index in [1.807, 2.05) is 0 Å². The molecule has 0 spiro atoms. The number of aromatic amines is 1. The molecule has 33 heavy (non-hydrogen) atoms. The summed E-state index contributed by atoms with van der Waals surface area (Å²) in [6.07, 6.45) is 1.74. The lowest BCUT2D eigenvalue weighted by Gasteiger charge is -2.11. The van der Waals surface area contributed by atoms with E-state index in [1.165, 1.54) is 12.1 Å². The number of rotatable bonds is 9. The second-order valence-corrected chi connectivity index (χ2v) is 8.85. The molecule has 3 heterocycles. The normalized spacial score (nSPS) is 11.3. The van der Waals surface area contributed by atoms with Crippen LogP contribution in [0.3, 0.4) is 0 Å². The van der Waals surface area contributed by atoms with Crippen molar-refractivity contribution in [1.29, 1.82) is 0 Å². The number of thioether (sulfide) groups is 1. The highest BCUT2D eigenvalue weighted by Crippen LogP contribution is 2.25. The predicted molar refractivity (Wildman–Crippen MR) is 127 cm³/mol. The maximum absolute atomic E-state index is 13.1. The van der Waals surface area contributed by atoms with Gasteiger partial charge in [0.1, 0.15) is 17.3 Å². The Labute approximate surface area is 194 Å². The van der Waals surface area contributed by atoms with Crippen LogP contribution in [0.5, 0.6) is 0 Å². The summed E-state index contributed by atoms with van der Waals surface area (Å²) in [7, 11) is 0. The van der Waals surface area contributed by atoms with Gasteiger partial charge < -0.3 is 10.6 Å². The number of hydrogen-bond acceptors (Lipinski definition) is 7. The number of carbonyl (C=O) groups excluding carboxylic acids is 1. The third kappa shape index (κ3) is 5.30. The molecular weight excluding hydrogens is 443 g/mol. The van der Waals surface area contributed by atoms with Gasteiger partial charge in [0.05, 0.1) is 23.8 Å². The highest BCUT2D eigenvalue weighted by atomic mass is 32.2. The molecule has 11 heteroatoms. The van der Waals surface area contributed by atoms with Crippen molar-refractivity contribution < 1.29 is 9.18 Å². The van der Waals surface area contributed by atoms with Gasteiger partial charge in [-0.05, 0) is 49.9 Å². The Morgan fingerprint density at radius 1 is 1.24 bits per heavy atom. The van der Waals surface area contributed by atoms with Gasteiger partial charge in [-0.3, -0.25) is 9.89 Å².